The normalized spacial score (nSPS) is 14.9. The molecule has 3 aromatic rings. The van der Waals surface area contributed by atoms with Gasteiger partial charge in [-0.25, -0.2) is 14.2 Å². The number of nitrogens with one attached hydrogen (secondary N) is 1. The highest BCUT2D eigenvalue weighted by Crippen LogP contribution is 2.29. The summed E-state index contributed by atoms with van der Waals surface area (Å²) in [6, 6.07) is 16.6. The predicted molar refractivity (Wildman–Crippen MR) is 155 cm³/mol. The lowest BCUT2D eigenvalue weighted by Gasteiger charge is -2.38. The van der Waals surface area contributed by atoms with Crippen LogP contribution in [0.15, 0.2) is 71.9 Å². The van der Waals surface area contributed by atoms with Crippen molar-refractivity contribution >= 4 is 42.7 Å². The summed E-state index contributed by atoms with van der Waals surface area (Å²) >= 11 is 5.82. The highest BCUT2D eigenvalue weighted by Gasteiger charge is 2.33. The number of ether oxygens (including phenoxy) is 1. The Hall–Kier alpha value is -4.35. The van der Waals surface area contributed by atoms with Gasteiger partial charge in [-0.2, -0.15) is 0 Å². The zero-order valence-corrected chi connectivity index (χ0v) is 23.6. The second kappa shape index (κ2) is 17.4. The second-order valence-corrected chi connectivity index (χ2v) is 9.23. The lowest BCUT2D eigenvalue weighted by atomic mass is 9.81. The standard InChI is InChI=1S/C16H20ClN3O3.C12H9FN2O.CH4O/c1-19(15-6-13(7-15)9-21)16(23)18-10-20(11-22)8-12-2-4-14(17)5-3-12;1-14-9-4-6-10(7-5-9)16-12-11(13)3-2-8-15-12;1-2/h2-5,9,11,13,15H,6-8,10H2,1H3,(H,18,23);2-8H,1H2;2H,1H3. The van der Waals surface area contributed by atoms with Crippen molar-refractivity contribution in [1.82, 2.24) is 20.1 Å². The molecule has 0 atom stereocenters. The number of amides is 3. The second-order valence-electron chi connectivity index (χ2n) is 8.80. The summed E-state index contributed by atoms with van der Waals surface area (Å²) in [6.45, 7) is 3.91. The van der Waals surface area contributed by atoms with Crippen molar-refractivity contribution in [3.8, 4) is 11.6 Å². The minimum absolute atomic E-state index is 0.0400. The molecule has 41 heavy (non-hydrogen) atoms. The Labute approximate surface area is 243 Å². The molecule has 1 fully saturated rings. The number of rotatable bonds is 10. The van der Waals surface area contributed by atoms with Gasteiger partial charge >= 0.3 is 6.03 Å². The van der Waals surface area contributed by atoms with E-state index in [0.29, 0.717) is 36.6 Å². The van der Waals surface area contributed by atoms with Crippen LogP contribution >= 0.6 is 11.6 Å². The maximum absolute atomic E-state index is 13.2. The first-order chi connectivity index (χ1) is 19.8. The Morgan fingerprint density at radius 3 is 2.39 bits per heavy atom. The molecule has 0 radical (unpaired) electrons. The fourth-order valence-corrected chi connectivity index (χ4v) is 3.78. The van der Waals surface area contributed by atoms with E-state index in [4.69, 9.17) is 21.4 Å². The molecule has 1 aliphatic rings. The van der Waals surface area contributed by atoms with Crippen LogP contribution in [0, 0.1) is 11.7 Å². The first-order valence-electron chi connectivity index (χ1n) is 12.5. The quantitative estimate of drug-likeness (QED) is 0.199. The lowest BCUT2D eigenvalue weighted by Crippen LogP contribution is -2.51. The summed E-state index contributed by atoms with van der Waals surface area (Å²) in [6.07, 6.45) is 4.51. The Morgan fingerprint density at radius 1 is 1.17 bits per heavy atom. The molecule has 10 nitrogen and oxygen atoms in total. The molecule has 0 spiro atoms. The summed E-state index contributed by atoms with van der Waals surface area (Å²) in [4.78, 5) is 44.4. The van der Waals surface area contributed by atoms with E-state index in [1.54, 1.807) is 48.3 Å². The molecule has 0 bridgehead atoms. The van der Waals surface area contributed by atoms with E-state index in [2.05, 4.69) is 22.0 Å². The highest BCUT2D eigenvalue weighted by atomic mass is 35.5. The van der Waals surface area contributed by atoms with Gasteiger partial charge in [0.2, 0.25) is 6.41 Å². The fourth-order valence-electron chi connectivity index (χ4n) is 3.65. The Balaban J connectivity index is 0.000000285. The maximum Gasteiger partial charge on any atom is 0.318 e. The number of hydrogen-bond acceptors (Lipinski definition) is 7. The van der Waals surface area contributed by atoms with E-state index in [0.717, 1.165) is 24.6 Å². The first-order valence-corrected chi connectivity index (χ1v) is 12.9. The van der Waals surface area contributed by atoms with Crippen molar-refractivity contribution in [3.63, 3.8) is 0 Å². The third kappa shape index (κ3) is 10.6. The number of hydrogen-bond donors (Lipinski definition) is 2. The average Bonchev–Trinajstić information content (AvgIpc) is 2.98. The van der Waals surface area contributed by atoms with Crippen LogP contribution in [0.5, 0.6) is 11.6 Å². The number of aromatic nitrogens is 1. The number of aldehydes is 1. The molecule has 1 aromatic heterocycles. The molecular weight excluding hydrogens is 553 g/mol. The van der Waals surface area contributed by atoms with Gasteiger partial charge in [-0.1, -0.05) is 23.7 Å². The van der Waals surface area contributed by atoms with E-state index in [-0.39, 0.29) is 30.5 Å². The van der Waals surface area contributed by atoms with Crippen LogP contribution < -0.4 is 10.1 Å². The van der Waals surface area contributed by atoms with E-state index < -0.39 is 5.82 Å². The van der Waals surface area contributed by atoms with Gasteiger partial charge in [0.15, 0.2) is 5.82 Å². The minimum Gasteiger partial charge on any atom is -0.436 e. The highest BCUT2D eigenvalue weighted by molar-refractivity contribution is 6.30. The third-order valence-electron chi connectivity index (χ3n) is 6.05. The van der Waals surface area contributed by atoms with Crippen molar-refractivity contribution < 1.29 is 28.6 Å². The molecule has 0 saturated heterocycles. The molecule has 4 rings (SSSR count). The van der Waals surface area contributed by atoms with Gasteiger partial charge in [-0.15, -0.1) is 0 Å². The van der Waals surface area contributed by atoms with Crippen LogP contribution in [0.2, 0.25) is 5.02 Å². The van der Waals surface area contributed by atoms with Crippen LogP contribution in [0.1, 0.15) is 18.4 Å². The molecule has 2 N–H and O–H groups in total. The topological polar surface area (TPSA) is 124 Å². The van der Waals surface area contributed by atoms with E-state index in [1.807, 2.05) is 12.1 Å². The molecule has 218 valence electrons. The summed E-state index contributed by atoms with van der Waals surface area (Å²) in [5, 5.41) is 10.3. The van der Waals surface area contributed by atoms with E-state index >= 15 is 0 Å². The van der Waals surface area contributed by atoms with Gasteiger partial charge in [0, 0.05) is 43.9 Å². The summed E-state index contributed by atoms with van der Waals surface area (Å²) in [5.74, 6) is 0.0341. The van der Waals surface area contributed by atoms with Crippen molar-refractivity contribution in [3.05, 3.63) is 83.3 Å². The Kier molecular flexibility index (Phi) is 13.9. The molecule has 1 aliphatic carbocycles. The average molecular weight is 586 g/mol. The number of nitrogens with zero attached hydrogens (tertiary/aromatic N) is 4. The maximum atomic E-state index is 13.2. The van der Waals surface area contributed by atoms with Crippen molar-refractivity contribution in [2.45, 2.75) is 25.4 Å². The van der Waals surface area contributed by atoms with E-state index in [1.165, 1.54) is 23.2 Å². The van der Waals surface area contributed by atoms with E-state index in [9.17, 15) is 18.8 Å². The van der Waals surface area contributed by atoms with Gasteiger partial charge in [-0.05, 0) is 73.7 Å². The van der Waals surface area contributed by atoms with Crippen LogP contribution in [0.3, 0.4) is 0 Å². The van der Waals surface area contributed by atoms with Crippen LogP contribution in [0.25, 0.3) is 0 Å². The van der Waals surface area contributed by atoms with Crippen molar-refractivity contribution in [2.24, 2.45) is 10.9 Å². The number of pyridine rings is 1. The summed E-state index contributed by atoms with van der Waals surface area (Å²) < 4.78 is 18.5. The predicted octanol–water partition coefficient (Wildman–Crippen LogP) is 4.83. The monoisotopic (exact) mass is 585 g/mol. The molecule has 1 saturated carbocycles. The van der Waals surface area contributed by atoms with Gasteiger partial charge in [0.1, 0.15) is 12.0 Å². The Morgan fingerprint density at radius 2 is 1.83 bits per heavy atom. The van der Waals surface area contributed by atoms with Gasteiger partial charge in [0.25, 0.3) is 5.88 Å². The van der Waals surface area contributed by atoms with Crippen LogP contribution in [-0.2, 0) is 16.1 Å². The number of halogens is 2. The van der Waals surface area contributed by atoms with Crippen molar-refractivity contribution in [2.75, 3.05) is 20.8 Å². The zero-order valence-electron chi connectivity index (χ0n) is 22.8. The largest absolute Gasteiger partial charge is 0.436 e. The number of urea groups is 1. The number of aliphatic hydroxyl groups is 1. The molecule has 12 heteroatoms. The lowest BCUT2D eigenvalue weighted by molar-refractivity contribution is -0.119. The van der Waals surface area contributed by atoms with Gasteiger partial charge in [0.05, 0.1) is 12.4 Å². The third-order valence-corrected chi connectivity index (χ3v) is 6.30. The Bertz CT molecular complexity index is 1260. The molecule has 0 unspecified atom stereocenters. The number of aliphatic hydroxyl groups excluding tert-OH is 1. The smallest absolute Gasteiger partial charge is 0.318 e. The number of carbonyl (C=O) groups is 3. The number of aliphatic imine (C=N–C) groups is 1. The summed E-state index contributed by atoms with van der Waals surface area (Å²) in [5.41, 5.74) is 1.66. The molecule has 3 amide bonds. The zero-order chi connectivity index (χ0) is 30.2. The number of benzene rings is 2. The fraction of sp³-hybridized carbons (Fsp3) is 0.276. The SMILES string of the molecule is C=Nc1ccc(Oc2ncccc2F)cc1.CN(C(=O)NCN(C=O)Cc1ccc(Cl)cc1)C1CC(C=O)C1.CO. The van der Waals surface area contributed by atoms with Crippen molar-refractivity contribution in [1.29, 1.82) is 0 Å². The van der Waals surface area contributed by atoms with Gasteiger partial charge in [-0.3, -0.25) is 9.79 Å². The first kappa shape index (κ1) is 32.9. The molecule has 0 aliphatic heterocycles. The van der Waals surface area contributed by atoms with Crippen LogP contribution in [-0.4, -0.2) is 72.2 Å². The molecular formula is C29H33ClFN5O5. The minimum atomic E-state index is -0.492. The molecule has 2 aromatic carbocycles. The summed E-state index contributed by atoms with van der Waals surface area (Å²) in [7, 11) is 2.70. The van der Waals surface area contributed by atoms with Gasteiger partial charge < -0.3 is 29.8 Å². The number of carbonyl (C=O) groups excluding carboxylic acids is 3. The van der Waals surface area contributed by atoms with Crippen LogP contribution in [0.4, 0.5) is 14.9 Å². The molecule has 1 heterocycles.